The van der Waals surface area contributed by atoms with E-state index in [9.17, 15) is 9.59 Å². The normalized spacial score (nSPS) is 16.0. The fourth-order valence-electron chi connectivity index (χ4n) is 2.87. The quantitative estimate of drug-likeness (QED) is 0.633. The first-order valence-electron chi connectivity index (χ1n) is 7.87. The molecule has 0 aliphatic carbocycles. The van der Waals surface area contributed by atoms with Gasteiger partial charge < -0.3 is 5.32 Å². The Balaban J connectivity index is 1.50. The molecule has 7 nitrogen and oxygen atoms in total. The SMILES string of the molecule is O=C1NCC(C(=O)NNc2cnc3ccccc3n2)c2ccccc21. The molecule has 0 saturated carbocycles. The maximum absolute atomic E-state index is 12.5. The lowest BCUT2D eigenvalue weighted by molar-refractivity contribution is -0.122. The number of anilines is 1. The average molecular weight is 333 g/mol. The second-order valence-electron chi connectivity index (χ2n) is 5.71. The number of carbonyl (C=O) groups is 2. The van der Waals surface area contributed by atoms with E-state index < -0.39 is 5.92 Å². The van der Waals surface area contributed by atoms with Gasteiger partial charge in [0.25, 0.3) is 5.91 Å². The molecular weight excluding hydrogens is 318 g/mol. The standard InChI is InChI=1S/C18H15N5O2/c24-17-12-6-2-1-5-11(12)13(9-20-17)18(25)23-22-16-10-19-14-7-3-4-8-15(14)21-16/h1-8,10,13H,9H2,(H,20,24)(H,21,22)(H,23,25). The summed E-state index contributed by atoms with van der Waals surface area (Å²) in [4.78, 5) is 33.1. The highest BCUT2D eigenvalue weighted by molar-refractivity contribution is 6.00. The lowest BCUT2D eigenvalue weighted by Gasteiger charge is -2.25. The molecular formula is C18H15N5O2. The molecule has 1 aromatic heterocycles. The number of hydrogen-bond acceptors (Lipinski definition) is 5. The number of hydrazine groups is 1. The average Bonchev–Trinajstić information content (AvgIpc) is 2.66. The van der Waals surface area contributed by atoms with E-state index in [-0.39, 0.29) is 18.4 Å². The first-order chi connectivity index (χ1) is 12.2. The lowest BCUT2D eigenvalue weighted by atomic mass is 9.90. The van der Waals surface area contributed by atoms with Crippen molar-refractivity contribution in [3.8, 4) is 0 Å². The fraction of sp³-hybridized carbons (Fsp3) is 0.111. The van der Waals surface area contributed by atoms with Crippen molar-refractivity contribution in [3.05, 3.63) is 65.9 Å². The zero-order valence-electron chi connectivity index (χ0n) is 13.2. The minimum Gasteiger partial charge on any atom is -0.351 e. The van der Waals surface area contributed by atoms with Crippen molar-refractivity contribution in [2.45, 2.75) is 5.92 Å². The first kappa shape index (κ1) is 15.1. The van der Waals surface area contributed by atoms with Crippen LogP contribution in [-0.4, -0.2) is 28.3 Å². The third kappa shape index (κ3) is 2.87. The predicted octanol–water partition coefficient (Wildman–Crippen LogP) is 1.60. The number of hydrogen-bond donors (Lipinski definition) is 3. The van der Waals surface area contributed by atoms with Crippen LogP contribution < -0.4 is 16.2 Å². The minimum absolute atomic E-state index is 0.159. The van der Waals surface area contributed by atoms with Gasteiger partial charge in [-0.15, -0.1) is 0 Å². The Labute approximate surface area is 143 Å². The topological polar surface area (TPSA) is 96.0 Å². The van der Waals surface area contributed by atoms with Gasteiger partial charge in [0, 0.05) is 12.1 Å². The Morgan fingerprint density at radius 1 is 1.08 bits per heavy atom. The number of nitrogens with one attached hydrogen (secondary N) is 3. The highest BCUT2D eigenvalue weighted by atomic mass is 16.2. The summed E-state index contributed by atoms with van der Waals surface area (Å²) in [6.45, 7) is 0.257. The van der Waals surface area contributed by atoms with Crippen LogP contribution in [0.15, 0.2) is 54.7 Å². The molecule has 3 aromatic rings. The van der Waals surface area contributed by atoms with Crippen molar-refractivity contribution >= 4 is 28.7 Å². The Morgan fingerprint density at radius 3 is 2.72 bits per heavy atom. The van der Waals surface area contributed by atoms with Crippen LogP contribution in [0.1, 0.15) is 21.8 Å². The summed E-state index contributed by atoms with van der Waals surface area (Å²) >= 11 is 0. The number of benzene rings is 2. The van der Waals surface area contributed by atoms with Gasteiger partial charge in [-0.2, -0.15) is 0 Å². The number of fused-ring (bicyclic) bond motifs is 2. The Morgan fingerprint density at radius 2 is 1.84 bits per heavy atom. The van der Waals surface area contributed by atoms with Crippen LogP contribution in [-0.2, 0) is 4.79 Å². The molecule has 7 heteroatoms. The maximum atomic E-state index is 12.5. The summed E-state index contributed by atoms with van der Waals surface area (Å²) < 4.78 is 0. The zero-order valence-corrected chi connectivity index (χ0v) is 13.2. The van der Waals surface area contributed by atoms with E-state index >= 15 is 0 Å². The van der Waals surface area contributed by atoms with Gasteiger partial charge in [0.05, 0.1) is 23.1 Å². The van der Waals surface area contributed by atoms with Gasteiger partial charge in [-0.1, -0.05) is 30.3 Å². The molecule has 0 saturated heterocycles. The molecule has 25 heavy (non-hydrogen) atoms. The third-order valence-electron chi connectivity index (χ3n) is 4.13. The van der Waals surface area contributed by atoms with Crippen molar-refractivity contribution in [1.82, 2.24) is 20.7 Å². The summed E-state index contributed by atoms with van der Waals surface area (Å²) in [5, 5.41) is 2.74. The second kappa shape index (κ2) is 6.20. The van der Waals surface area contributed by atoms with Crippen LogP contribution in [0.4, 0.5) is 5.82 Å². The number of nitrogens with zero attached hydrogens (tertiary/aromatic N) is 2. The fourth-order valence-corrected chi connectivity index (χ4v) is 2.87. The molecule has 0 spiro atoms. The monoisotopic (exact) mass is 333 g/mol. The molecule has 2 aromatic carbocycles. The molecule has 124 valence electrons. The van der Waals surface area contributed by atoms with Crippen LogP contribution in [0.25, 0.3) is 11.0 Å². The Kier molecular flexibility index (Phi) is 3.74. The lowest BCUT2D eigenvalue weighted by Crippen LogP contribution is -2.43. The molecule has 2 amide bonds. The van der Waals surface area contributed by atoms with Crippen LogP contribution in [0.5, 0.6) is 0 Å². The maximum Gasteiger partial charge on any atom is 0.251 e. The molecule has 1 atom stereocenters. The van der Waals surface area contributed by atoms with Crippen molar-refractivity contribution in [2.75, 3.05) is 12.0 Å². The summed E-state index contributed by atoms with van der Waals surface area (Å²) in [7, 11) is 0. The number of para-hydroxylation sites is 2. The van der Waals surface area contributed by atoms with E-state index in [0.29, 0.717) is 11.4 Å². The van der Waals surface area contributed by atoms with E-state index in [1.165, 1.54) is 0 Å². The molecule has 0 radical (unpaired) electrons. The summed E-state index contributed by atoms with van der Waals surface area (Å²) in [6.07, 6.45) is 1.55. The van der Waals surface area contributed by atoms with Gasteiger partial charge in [0.2, 0.25) is 5.91 Å². The van der Waals surface area contributed by atoms with Crippen molar-refractivity contribution in [2.24, 2.45) is 0 Å². The number of aromatic nitrogens is 2. The molecule has 2 heterocycles. The third-order valence-corrected chi connectivity index (χ3v) is 4.13. The summed E-state index contributed by atoms with van der Waals surface area (Å²) in [5.41, 5.74) is 8.20. The van der Waals surface area contributed by atoms with Gasteiger partial charge in [-0.25, -0.2) is 4.98 Å². The first-order valence-corrected chi connectivity index (χ1v) is 7.87. The van der Waals surface area contributed by atoms with Crippen molar-refractivity contribution < 1.29 is 9.59 Å². The Hall–Kier alpha value is -3.48. The number of carbonyl (C=O) groups excluding carboxylic acids is 2. The molecule has 4 rings (SSSR count). The predicted molar refractivity (Wildman–Crippen MR) is 92.8 cm³/mol. The second-order valence-corrected chi connectivity index (χ2v) is 5.71. The van der Waals surface area contributed by atoms with Crippen molar-refractivity contribution in [3.63, 3.8) is 0 Å². The zero-order chi connectivity index (χ0) is 17.2. The van der Waals surface area contributed by atoms with Gasteiger partial charge in [-0.3, -0.25) is 25.4 Å². The van der Waals surface area contributed by atoms with Gasteiger partial charge in [-0.05, 0) is 23.8 Å². The number of rotatable bonds is 3. The largest absolute Gasteiger partial charge is 0.351 e. The van der Waals surface area contributed by atoms with Crippen LogP contribution in [0, 0.1) is 0 Å². The highest BCUT2D eigenvalue weighted by Crippen LogP contribution is 2.23. The van der Waals surface area contributed by atoms with Crippen LogP contribution in [0.2, 0.25) is 0 Å². The minimum atomic E-state index is -0.463. The molecule has 3 N–H and O–H groups in total. The summed E-state index contributed by atoms with van der Waals surface area (Å²) in [6, 6.07) is 14.6. The van der Waals surface area contributed by atoms with Crippen LogP contribution in [0.3, 0.4) is 0 Å². The van der Waals surface area contributed by atoms with E-state index in [2.05, 4.69) is 26.1 Å². The summed E-state index contributed by atoms with van der Waals surface area (Å²) in [5.74, 6) is -0.426. The smallest absolute Gasteiger partial charge is 0.251 e. The van der Waals surface area contributed by atoms with E-state index in [1.807, 2.05) is 30.3 Å². The number of amides is 2. The molecule has 1 aliphatic heterocycles. The Bertz CT molecular complexity index is 972. The van der Waals surface area contributed by atoms with Gasteiger partial charge >= 0.3 is 0 Å². The molecule has 0 bridgehead atoms. The highest BCUT2D eigenvalue weighted by Gasteiger charge is 2.29. The van der Waals surface area contributed by atoms with Crippen molar-refractivity contribution in [1.29, 1.82) is 0 Å². The van der Waals surface area contributed by atoms with Crippen LogP contribution >= 0.6 is 0 Å². The molecule has 0 fully saturated rings. The molecule has 1 aliphatic rings. The van der Waals surface area contributed by atoms with E-state index in [0.717, 1.165) is 16.6 Å². The van der Waals surface area contributed by atoms with E-state index in [1.54, 1.807) is 24.4 Å². The van der Waals surface area contributed by atoms with E-state index in [4.69, 9.17) is 0 Å². The van der Waals surface area contributed by atoms with Gasteiger partial charge in [0.15, 0.2) is 5.82 Å². The van der Waals surface area contributed by atoms with Gasteiger partial charge in [0.1, 0.15) is 0 Å². The molecule has 1 unspecified atom stereocenters.